The van der Waals surface area contributed by atoms with E-state index in [4.69, 9.17) is 0 Å². The zero-order valence-electron chi connectivity index (χ0n) is 15.5. The molecule has 2 N–H and O–H groups in total. The molecular weight excluding hydrogens is 320 g/mol. The highest BCUT2D eigenvalue weighted by atomic mass is 16.4. The van der Waals surface area contributed by atoms with E-state index >= 15 is 0 Å². The number of aryl methyl sites for hydroxylation is 1. The zero-order valence-corrected chi connectivity index (χ0v) is 15.5. The van der Waals surface area contributed by atoms with Gasteiger partial charge in [0.1, 0.15) is 0 Å². The van der Waals surface area contributed by atoms with Crippen LogP contribution < -0.4 is 5.32 Å². The molecule has 0 aliphatic rings. The van der Waals surface area contributed by atoms with Gasteiger partial charge in [-0.25, -0.2) is 4.79 Å². The summed E-state index contributed by atoms with van der Waals surface area (Å²) in [5.41, 5.74) is 2.41. The van der Waals surface area contributed by atoms with Crippen molar-refractivity contribution in [3.8, 4) is 0 Å². The molecular formula is C19H28N2O4. The standard InChI is InChI=1S/C19H28N2O4/c1-5-21(6-2)17(23)12-8-11-16(22)20-18(19(24)25)15-10-7-9-13(3)14(15)4/h7,9-10,18H,5-6,8,11-12H2,1-4H3,(H,20,22)(H,24,25). The molecule has 1 aromatic rings. The molecule has 0 aliphatic carbocycles. The molecule has 0 aliphatic heterocycles. The molecule has 0 saturated carbocycles. The lowest BCUT2D eigenvalue weighted by molar-refractivity contribution is -0.142. The molecule has 0 heterocycles. The highest BCUT2D eigenvalue weighted by Gasteiger charge is 2.24. The number of carboxylic acids is 1. The fraction of sp³-hybridized carbons (Fsp3) is 0.526. The van der Waals surface area contributed by atoms with E-state index < -0.39 is 12.0 Å². The number of nitrogens with one attached hydrogen (secondary N) is 1. The van der Waals surface area contributed by atoms with Crippen molar-refractivity contribution in [2.75, 3.05) is 13.1 Å². The Morgan fingerprint density at radius 1 is 1.12 bits per heavy atom. The molecule has 138 valence electrons. The molecule has 6 heteroatoms. The van der Waals surface area contributed by atoms with Crippen molar-refractivity contribution < 1.29 is 19.5 Å². The third-order valence-corrected chi connectivity index (χ3v) is 4.42. The minimum Gasteiger partial charge on any atom is -0.479 e. The van der Waals surface area contributed by atoms with Gasteiger partial charge in [0.15, 0.2) is 6.04 Å². The second kappa shape index (κ2) is 9.81. The van der Waals surface area contributed by atoms with Crippen LogP contribution in [-0.4, -0.2) is 40.9 Å². The van der Waals surface area contributed by atoms with Crippen LogP contribution >= 0.6 is 0 Å². The molecule has 1 atom stereocenters. The fourth-order valence-electron chi connectivity index (χ4n) is 2.73. The molecule has 0 radical (unpaired) electrons. The first-order valence-electron chi connectivity index (χ1n) is 8.67. The van der Waals surface area contributed by atoms with Gasteiger partial charge in [0, 0.05) is 25.9 Å². The second-order valence-electron chi connectivity index (χ2n) is 6.05. The molecule has 1 unspecified atom stereocenters. The Balaban J connectivity index is 2.65. The molecule has 6 nitrogen and oxygen atoms in total. The van der Waals surface area contributed by atoms with Gasteiger partial charge in [-0.15, -0.1) is 0 Å². The smallest absolute Gasteiger partial charge is 0.330 e. The van der Waals surface area contributed by atoms with Gasteiger partial charge >= 0.3 is 5.97 Å². The monoisotopic (exact) mass is 348 g/mol. The Hall–Kier alpha value is -2.37. The average Bonchev–Trinajstić information content (AvgIpc) is 2.56. The Bertz CT molecular complexity index is 624. The Morgan fingerprint density at radius 2 is 1.76 bits per heavy atom. The third-order valence-electron chi connectivity index (χ3n) is 4.42. The van der Waals surface area contributed by atoms with Crippen LogP contribution in [0.1, 0.15) is 55.8 Å². The molecule has 1 rings (SSSR count). The van der Waals surface area contributed by atoms with Crippen LogP contribution in [0.4, 0.5) is 0 Å². The first-order valence-corrected chi connectivity index (χ1v) is 8.67. The summed E-state index contributed by atoms with van der Waals surface area (Å²) in [6, 6.07) is 4.32. The lowest BCUT2D eigenvalue weighted by atomic mass is 9.97. The van der Waals surface area contributed by atoms with Crippen molar-refractivity contribution in [3.05, 3.63) is 34.9 Å². The Labute approximate surface area is 149 Å². The van der Waals surface area contributed by atoms with E-state index in [1.54, 1.807) is 17.0 Å². The van der Waals surface area contributed by atoms with Crippen LogP contribution in [0, 0.1) is 13.8 Å². The number of carbonyl (C=O) groups excluding carboxylic acids is 2. The summed E-state index contributed by atoms with van der Waals surface area (Å²) in [6.45, 7) is 8.86. The number of carboxylic acid groups (broad SMARTS) is 1. The SMILES string of the molecule is CCN(CC)C(=O)CCCC(=O)NC(C(=O)O)c1cccc(C)c1C. The Kier molecular flexibility index (Phi) is 8.11. The minimum absolute atomic E-state index is 0.0158. The molecule has 1 aromatic carbocycles. The number of benzene rings is 1. The van der Waals surface area contributed by atoms with E-state index in [9.17, 15) is 19.5 Å². The van der Waals surface area contributed by atoms with E-state index in [1.165, 1.54) is 0 Å². The van der Waals surface area contributed by atoms with Crippen molar-refractivity contribution >= 4 is 17.8 Å². The predicted molar refractivity (Wildman–Crippen MR) is 96.2 cm³/mol. The van der Waals surface area contributed by atoms with Crippen LogP contribution in [0.3, 0.4) is 0 Å². The number of aliphatic carboxylic acids is 1. The Morgan fingerprint density at radius 3 is 2.32 bits per heavy atom. The number of hydrogen-bond donors (Lipinski definition) is 2. The van der Waals surface area contributed by atoms with Gasteiger partial charge < -0.3 is 15.3 Å². The zero-order chi connectivity index (χ0) is 19.0. The maximum Gasteiger partial charge on any atom is 0.330 e. The molecule has 25 heavy (non-hydrogen) atoms. The topological polar surface area (TPSA) is 86.7 Å². The van der Waals surface area contributed by atoms with Crippen LogP contribution in [0.25, 0.3) is 0 Å². The normalized spacial score (nSPS) is 11.7. The molecule has 0 fully saturated rings. The average molecular weight is 348 g/mol. The van der Waals surface area contributed by atoms with E-state index in [-0.39, 0.29) is 24.7 Å². The van der Waals surface area contributed by atoms with Crippen LogP contribution in [-0.2, 0) is 14.4 Å². The summed E-state index contributed by atoms with van der Waals surface area (Å²) in [6.07, 6.45) is 0.818. The lowest BCUT2D eigenvalue weighted by Gasteiger charge is -2.19. The van der Waals surface area contributed by atoms with Gasteiger partial charge in [-0.05, 0) is 50.8 Å². The summed E-state index contributed by atoms with van der Waals surface area (Å²) in [4.78, 5) is 37.3. The summed E-state index contributed by atoms with van der Waals surface area (Å²) in [5.74, 6) is -1.44. The van der Waals surface area contributed by atoms with Crippen molar-refractivity contribution in [1.29, 1.82) is 0 Å². The second-order valence-corrected chi connectivity index (χ2v) is 6.05. The first kappa shape index (κ1) is 20.7. The molecule has 0 aromatic heterocycles. The van der Waals surface area contributed by atoms with E-state index in [0.29, 0.717) is 25.1 Å². The molecule has 0 saturated heterocycles. The molecule has 0 spiro atoms. The van der Waals surface area contributed by atoms with Crippen LogP contribution in [0.2, 0.25) is 0 Å². The lowest BCUT2D eigenvalue weighted by Crippen LogP contribution is -2.34. The summed E-state index contributed by atoms with van der Waals surface area (Å²) >= 11 is 0. The van der Waals surface area contributed by atoms with Crippen molar-refractivity contribution in [2.24, 2.45) is 0 Å². The minimum atomic E-state index is -1.10. The summed E-state index contributed by atoms with van der Waals surface area (Å²) < 4.78 is 0. The fourth-order valence-corrected chi connectivity index (χ4v) is 2.73. The molecule has 0 bridgehead atoms. The summed E-state index contributed by atoms with van der Waals surface area (Å²) in [5, 5.41) is 12.0. The van der Waals surface area contributed by atoms with E-state index in [0.717, 1.165) is 11.1 Å². The van der Waals surface area contributed by atoms with Gasteiger partial charge in [0.25, 0.3) is 0 Å². The van der Waals surface area contributed by atoms with Gasteiger partial charge in [-0.3, -0.25) is 9.59 Å². The van der Waals surface area contributed by atoms with Crippen molar-refractivity contribution in [3.63, 3.8) is 0 Å². The van der Waals surface area contributed by atoms with Gasteiger partial charge in [0.2, 0.25) is 11.8 Å². The van der Waals surface area contributed by atoms with Gasteiger partial charge in [-0.1, -0.05) is 18.2 Å². The maximum atomic E-state index is 12.1. The quantitative estimate of drug-likeness (QED) is 0.718. The summed E-state index contributed by atoms with van der Waals surface area (Å²) in [7, 11) is 0. The van der Waals surface area contributed by atoms with E-state index in [2.05, 4.69) is 5.32 Å². The number of hydrogen-bond acceptors (Lipinski definition) is 3. The number of rotatable bonds is 9. The van der Waals surface area contributed by atoms with Crippen molar-refractivity contribution in [1.82, 2.24) is 10.2 Å². The van der Waals surface area contributed by atoms with Crippen LogP contribution in [0.5, 0.6) is 0 Å². The number of amides is 2. The van der Waals surface area contributed by atoms with Crippen LogP contribution in [0.15, 0.2) is 18.2 Å². The molecule has 2 amide bonds. The highest BCUT2D eigenvalue weighted by molar-refractivity contribution is 5.85. The number of carbonyl (C=O) groups is 3. The number of nitrogens with zero attached hydrogens (tertiary/aromatic N) is 1. The van der Waals surface area contributed by atoms with Crippen molar-refractivity contribution in [2.45, 2.75) is 53.0 Å². The first-order chi connectivity index (χ1) is 11.8. The maximum absolute atomic E-state index is 12.1. The predicted octanol–water partition coefficient (Wildman–Crippen LogP) is 2.58. The highest BCUT2D eigenvalue weighted by Crippen LogP contribution is 2.21. The van der Waals surface area contributed by atoms with Gasteiger partial charge in [-0.2, -0.15) is 0 Å². The third kappa shape index (κ3) is 5.89. The van der Waals surface area contributed by atoms with Gasteiger partial charge in [0.05, 0.1) is 0 Å². The largest absolute Gasteiger partial charge is 0.479 e. The van der Waals surface area contributed by atoms with E-state index in [1.807, 2.05) is 33.8 Å².